The summed E-state index contributed by atoms with van der Waals surface area (Å²) in [5.74, 6) is 1.30. The number of hydrogen-bond acceptors (Lipinski definition) is 3. The van der Waals surface area contributed by atoms with Gasteiger partial charge in [0.15, 0.2) is 0 Å². The van der Waals surface area contributed by atoms with Crippen molar-refractivity contribution < 1.29 is 14.3 Å². The van der Waals surface area contributed by atoms with E-state index in [0.717, 1.165) is 28.1 Å². The van der Waals surface area contributed by atoms with Crippen molar-refractivity contribution in [3.05, 3.63) is 53.7 Å². The number of amides is 1. The number of nitrogens with one attached hydrogen (secondary N) is 2. The second-order valence-electron chi connectivity index (χ2n) is 5.22. The summed E-state index contributed by atoms with van der Waals surface area (Å²) in [7, 11) is 3.22. The van der Waals surface area contributed by atoms with Crippen molar-refractivity contribution in [2.75, 3.05) is 19.5 Å². The molecule has 0 bridgehead atoms. The summed E-state index contributed by atoms with van der Waals surface area (Å²) in [6.07, 6.45) is 0. The highest BCUT2D eigenvalue weighted by Crippen LogP contribution is 2.27. The van der Waals surface area contributed by atoms with Gasteiger partial charge in [-0.1, -0.05) is 0 Å². The van der Waals surface area contributed by atoms with Crippen molar-refractivity contribution in [1.29, 1.82) is 0 Å². The number of aromatic amines is 1. The van der Waals surface area contributed by atoms with Crippen LogP contribution in [-0.4, -0.2) is 25.1 Å². The molecule has 1 heterocycles. The Morgan fingerprint density at radius 1 is 1.00 bits per heavy atom. The van der Waals surface area contributed by atoms with Gasteiger partial charge in [0, 0.05) is 22.3 Å². The highest BCUT2D eigenvalue weighted by Gasteiger charge is 2.17. The van der Waals surface area contributed by atoms with E-state index in [0.29, 0.717) is 11.3 Å². The van der Waals surface area contributed by atoms with Crippen LogP contribution in [0.1, 0.15) is 16.1 Å². The molecule has 0 aliphatic carbocycles. The average molecular weight is 310 g/mol. The van der Waals surface area contributed by atoms with Crippen molar-refractivity contribution in [3.63, 3.8) is 0 Å². The van der Waals surface area contributed by atoms with Gasteiger partial charge >= 0.3 is 0 Å². The number of carbonyl (C=O) groups is 1. The summed E-state index contributed by atoms with van der Waals surface area (Å²) in [6, 6.07) is 12.9. The molecular weight excluding hydrogens is 292 g/mol. The number of hydrogen-bond donors (Lipinski definition) is 2. The van der Waals surface area contributed by atoms with E-state index < -0.39 is 0 Å². The largest absolute Gasteiger partial charge is 0.497 e. The number of aryl methyl sites for hydroxylation is 1. The van der Waals surface area contributed by atoms with Crippen molar-refractivity contribution in [2.45, 2.75) is 6.92 Å². The predicted molar refractivity (Wildman–Crippen MR) is 90.5 cm³/mol. The highest BCUT2D eigenvalue weighted by molar-refractivity contribution is 6.14. The third-order valence-corrected chi connectivity index (χ3v) is 3.77. The molecule has 0 aliphatic heterocycles. The lowest BCUT2D eigenvalue weighted by atomic mass is 10.1. The second kappa shape index (κ2) is 6.04. The van der Waals surface area contributed by atoms with Gasteiger partial charge in [-0.3, -0.25) is 4.79 Å². The van der Waals surface area contributed by atoms with Crippen molar-refractivity contribution in [2.24, 2.45) is 0 Å². The van der Waals surface area contributed by atoms with Gasteiger partial charge < -0.3 is 19.8 Å². The average Bonchev–Trinajstić information content (AvgIpc) is 2.90. The molecule has 1 aromatic heterocycles. The van der Waals surface area contributed by atoms with Gasteiger partial charge in [0.2, 0.25) is 0 Å². The third kappa shape index (κ3) is 2.85. The minimum atomic E-state index is -0.160. The maximum absolute atomic E-state index is 12.7. The minimum absolute atomic E-state index is 0.160. The molecule has 1 amide bonds. The smallest absolute Gasteiger partial charge is 0.258 e. The van der Waals surface area contributed by atoms with E-state index >= 15 is 0 Å². The number of fused-ring (bicyclic) bond motifs is 1. The van der Waals surface area contributed by atoms with Gasteiger partial charge in [0.05, 0.1) is 19.8 Å². The van der Waals surface area contributed by atoms with Gasteiger partial charge in [-0.2, -0.15) is 0 Å². The molecule has 3 rings (SSSR count). The highest BCUT2D eigenvalue weighted by atomic mass is 16.5. The Morgan fingerprint density at radius 2 is 1.65 bits per heavy atom. The van der Waals surface area contributed by atoms with Crippen LogP contribution in [-0.2, 0) is 0 Å². The number of H-pyrrole nitrogens is 1. The lowest BCUT2D eigenvalue weighted by molar-refractivity contribution is 0.102. The van der Waals surface area contributed by atoms with Gasteiger partial charge in [-0.15, -0.1) is 0 Å². The van der Waals surface area contributed by atoms with E-state index in [-0.39, 0.29) is 5.91 Å². The fourth-order valence-corrected chi connectivity index (χ4v) is 2.59. The van der Waals surface area contributed by atoms with Crippen LogP contribution in [0.3, 0.4) is 0 Å². The van der Waals surface area contributed by atoms with E-state index in [1.807, 2.05) is 37.3 Å². The zero-order valence-corrected chi connectivity index (χ0v) is 13.3. The maximum atomic E-state index is 12.7. The van der Waals surface area contributed by atoms with Gasteiger partial charge in [-0.05, 0) is 49.4 Å². The van der Waals surface area contributed by atoms with Gasteiger partial charge in [-0.25, -0.2) is 0 Å². The van der Waals surface area contributed by atoms with E-state index in [1.165, 1.54) is 0 Å². The fourth-order valence-electron chi connectivity index (χ4n) is 2.59. The number of methoxy groups -OCH3 is 2. The van der Waals surface area contributed by atoms with Crippen LogP contribution in [0.15, 0.2) is 42.5 Å². The normalized spacial score (nSPS) is 10.6. The molecule has 0 unspecified atom stereocenters. The number of anilines is 1. The first-order valence-corrected chi connectivity index (χ1v) is 7.24. The van der Waals surface area contributed by atoms with Crippen LogP contribution >= 0.6 is 0 Å². The van der Waals surface area contributed by atoms with Crippen LogP contribution in [0.4, 0.5) is 5.69 Å². The molecule has 5 nitrogen and oxygen atoms in total. The Balaban J connectivity index is 1.94. The van der Waals surface area contributed by atoms with Gasteiger partial charge in [0.1, 0.15) is 11.5 Å². The lowest BCUT2D eigenvalue weighted by Crippen LogP contribution is -2.12. The van der Waals surface area contributed by atoms with Crippen LogP contribution in [0.25, 0.3) is 10.9 Å². The molecule has 2 aromatic carbocycles. The SMILES string of the molecule is COc1ccc(NC(=O)c2c(C)[nH]c3ccc(OC)cc23)cc1. The summed E-state index contributed by atoms with van der Waals surface area (Å²) in [5.41, 5.74) is 3.06. The molecule has 0 fully saturated rings. The predicted octanol–water partition coefficient (Wildman–Crippen LogP) is 3.75. The molecule has 2 N–H and O–H groups in total. The van der Waals surface area contributed by atoms with E-state index in [4.69, 9.17) is 9.47 Å². The summed E-state index contributed by atoms with van der Waals surface area (Å²) >= 11 is 0. The Morgan fingerprint density at radius 3 is 2.30 bits per heavy atom. The standard InChI is InChI=1S/C18H18N2O3/c1-11-17(15-10-14(23-3)8-9-16(15)19-11)18(21)20-12-4-6-13(22-2)7-5-12/h4-10,19H,1-3H3,(H,20,21). The summed E-state index contributed by atoms with van der Waals surface area (Å²) in [5, 5.41) is 3.75. The Labute approximate surface area is 134 Å². The van der Waals surface area contributed by atoms with Crippen molar-refractivity contribution in [1.82, 2.24) is 4.98 Å². The molecule has 5 heteroatoms. The van der Waals surface area contributed by atoms with Crippen LogP contribution in [0.5, 0.6) is 11.5 Å². The van der Waals surface area contributed by atoms with Crippen LogP contribution < -0.4 is 14.8 Å². The molecule has 3 aromatic rings. The summed E-state index contributed by atoms with van der Waals surface area (Å²) in [6.45, 7) is 1.88. The summed E-state index contributed by atoms with van der Waals surface area (Å²) in [4.78, 5) is 15.9. The first kappa shape index (κ1) is 15.0. The quantitative estimate of drug-likeness (QED) is 0.771. The third-order valence-electron chi connectivity index (χ3n) is 3.77. The monoisotopic (exact) mass is 310 g/mol. The van der Waals surface area contributed by atoms with E-state index in [2.05, 4.69) is 10.3 Å². The maximum Gasteiger partial charge on any atom is 0.258 e. The first-order valence-electron chi connectivity index (χ1n) is 7.24. The molecule has 118 valence electrons. The molecule has 0 spiro atoms. The molecule has 0 radical (unpaired) electrons. The molecule has 23 heavy (non-hydrogen) atoms. The molecule has 0 saturated carbocycles. The van der Waals surface area contributed by atoms with E-state index in [9.17, 15) is 4.79 Å². The Hall–Kier alpha value is -2.95. The first-order chi connectivity index (χ1) is 11.1. The fraction of sp³-hybridized carbons (Fsp3) is 0.167. The second-order valence-corrected chi connectivity index (χ2v) is 5.22. The number of benzene rings is 2. The lowest BCUT2D eigenvalue weighted by Gasteiger charge is -2.07. The number of carbonyl (C=O) groups excluding carboxylic acids is 1. The topological polar surface area (TPSA) is 63.3 Å². The van der Waals surface area contributed by atoms with Crippen LogP contribution in [0.2, 0.25) is 0 Å². The van der Waals surface area contributed by atoms with Crippen LogP contribution in [0, 0.1) is 6.92 Å². The molecular formula is C18H18N2O3. The Kier molecular flexibility index (Phi) is 3.93. The number of rotatable bonds is 4. The minimum Gasteiger partial charge on any atom is -0.497 e. The van der Waals surface area contributed by atoms with Crippen molar-refractivity contribution >= 4 is 22.5 Å². The Bertz CT molecular complexity index is 851. The van der Waals surface area contributed by atoms with E-state index in [1.54, 1.807) is 26.4 Å². The number of aromatic nitrogens is 1. The molecule has 0 atom stereocenters. The summed E-state index contributed by atoms with van der Waals surface area (Å²) < 4.78 is 10.4. The van der Waals surface area contributed by atoms with Gasteiger partial charge in [0.25, 0.3) is 5.91 Å². The molecule has 0 saturated heterocycles. The van der Waals surface area contributed by atoms with Crippen molar-refractivity contribution in [3.8, 4) is 11.5 Å². The zero-order valence-electron chi connectivity index (χ0n) is 13.3. The molecule has 0 aliphatic rings. The number of ether oxygens (including phenoxy) is 2. The zero-order chi connectivity index (χ0) is 16.4.